The van der Waals surface area contributed by atoms with Crippen LogP contribution in [0.25, 0.3) is 0 Å². The Morgan fingerprint density at radius 3 is 1.34 bits per heavy atom. The second kappa shape index (κ2) is 18.5. The lowest BCUT2D eigenvalue weighted by Crippen LogP contribution is -2.34. The number of ether oxygens (including phenoxy) is 6. The van der Waals surface area contributed by atoms with Crippen LogP contribution in [-0.2, 0) is 57.2 Å². The number of hydrogen-bond acceptors (Lipinski definition) is 12. The van der Waals surface area contributed by atoms with Crippen molar-refractivity contribution in [2.24, 2.45) is 11.8 Å². The van der Waals surface area contributed by atoms with Crippen molar-refractivity contribution in [2.45, 2.75) is 60.0 Å². The van der Waals surface area contributed by atoms with Crippen LogP contribution in [0.4, 0.5) is 0 Å². The molecule has 0 spiro atoms. The molecule has 0 aromatic rings. The summed E-state index contributed by atoms with van der Waals surface area (Å²) in [5.41, 5.74) is -0.591. The quantitative estimate of drug-likeness (QED) is 0.141. The van der Waals surface area contributed by atoms with Crippen LogP contribution in [0.15, 0.2) is 24.3 Å². The van der Waals surface area contributed by atoms with Gasteiger partial charge in [0.1, 0.15) is 12.7 Å². The van der Waals surface area contributed by atoms with E-state index in [0.29, 0.717) is 0 Å². The SMILES string of the molecule is C=C(C(=O)OCC)C(CC(=O)OCC)C(=O)OCC(CC)OC(=O)C(CC(=O)OCC)C(=C)C(=O)OCC. The second-order valence-corrected chi connectivity index (χ2v) is 7.71. The molecule has 0 saturated heterocycles. The lowest BCUT2D eigenvalue weighted by molar-refractivity contribution is -0.166. The molecule has 0 N–H and O–H groups in total. The highest BCUT2D eigenvalue weighted by Crippen LogP contribution is 2.22. The molecular formula is C26H38O12. The third-order valence-electron chi connectivity index (χ3n) is 4.99. The van der Waals surface area contributed by atoms with Gasteiger partial charge >= 0.3 is 35.8 Å². The molecule has 12 nitrogen and oxygen atoms in total. The van der Waals surface area contributed by atoms with Gasteiger partial charge in [-0.05, 0) is 34.1 Å². The van der Waals surface area contributed by atoms with Gasteiger partial charge in [-0.3, -0.25) is 19.2 Å². The molecule has 0 aromatic heterocycles. The molecule has 0 aliphatic carbocycles. The molecule has 0 fully saturated rings. The first-order chi connectivity index (χ1) is 18.0. The van der Waals surface area contributed by atoms with Gasteiger partial charge in [-0.1, -0.05) is 20.1 Å². The molecule has 0 aromatic carbocycles. The molecule has 0 radical (unpaired) electrons. The number of rotatable bonds is 18. The molecule has 0 aliphatic rings. The van der Waals surface area contributed by atoms with E-state index < -0.39 is 73.2 Å². The maximum atomic E-state index is 12.9. The van der Waals surface area contributed by atoms with E-state index in [0.717, 1.165) is 0 Å². The Morgan fingerprint density at radius 2 is 0.974 bits per heavy atom. The Bertz CT molecular complexity index is 875. The van der Waals surface area contributed by atoms with Crippen molar-refractivity contribution in [3.8, 4) is 0 Å². The van der Waals surface area contributed by atoms with Crippen molar-refractivity contribution >= 4 is 35.8 Å². The van der Waals surface area contributed by atoms with Gasteiger partial charge in [0, 0.05) is 11.1 Å². The lowest BCUT2D eigenvalue weighted by Gasteiger charge is -2.22. The smallest absolute Gasteiger partial charge is 0.334 e. The van der Waals surface area contributed by atoms with Crippen LogP contribution in [0.2, 0.25) is 0 Å². The minimum atomic E-state index is -1.39. The van der Waals surface area contributed by atoms with Gasteiger partial charge in [-0.15, -0.1) is 0 Å². The fourth-order valence-corrected chi connectivity index (χ4v) is 2.96. The molecule has 0 heterocycles. The second-order valence-electron chi connectivity index (χ2n) is 7.71. The van der Waals surface area contributed by atoms with Crippen molar-refractivity contribution in [1.29, 1.82) is 0 Å². The van der Waals surface area contributed by atoms with Gasteiger partial charge in [0.2, 0.25) is 0 Å². The van der Waals surface area contributed by atoms with Gasteiger partial charge in [-0.2, -0.15) is 0 Å². The number of carbonyl (C=O) groups is 6. The van der Waals surface area contributed by atoms with Crippen LogP contribution < -0.4 is 0 Å². The summed E-state index contributed by atoms with van der Waals surface area (Å²) in [7, 11) is 0. The zero-order valence-electron chi connectivity index (χ0n) is 22.7. The minimum Gasteiger partial charge on any atom is -0.466 e. The molecule has 0 aliphatic heterocycles. The summed E-state index contributed by atoms with van der Waals surface area (Å²) >= 11 is 0. The van der Waals surface area contributed by atoms with E-state index in [2.05, 4.69) is 13.2 Å². The van der Waals surface area contributed by atoms with Gasteiger partial charge in [0.05, 0.1) is 51.1 Å². The highest BCUT2D eigenvalue weighted by molar-refractivity contribution is 5.97. The van der Waals surface area contributed by atoms with E-state index in [-0.39, 0.29) is 44.0 Å². The van der Waals surface area contributed by atoms with Crippen LogP contribution in [0.1, 0.15) is 53.9 Å². The Hall–Kier alpha value is -3.70. The Morgan fingerprint density at radius 1 is 0.579 bits per heavy atom. The Labute approximate surface area is 222 Å². The monoisotopic (exact) mass is 542 g/mol. The first kappa shape index (κ1) is 34.3. The van der Waals surface area contributed by atoms with E-state index in [4.69, 9.17) is 28.4 Å². The summed E-state index contributed by atoms with van der Waals surface area (Å²) < 4.78 is 30.1. The third-order valence-corrected chi connectivity index (χ3v) is 4.99. The predicted molar refractivity (Wildman–Crippen MR) is 132 cm³/mol. The lowest BCUT2D eigenvalue weighted by atomic mass is 9.96. The van der Waals surface area contributed by atoms with Crippen molar-refractivity contribution < 1.29 is 57.2 Å². The van der Waals surface area contributed by atoms with Crippen LogP contribution in [0, 0.1) is 11.8 Å². The third kappa shape index (κ3) is 12.0. The predicted octanol–water partition coefficient (Wildman–Crippen LogP) is 2.23. The van der Waals surface area contributed by atoms with E-state index in [1.54, 1.807) is 34.6 Å². The first-order valence-corrected chi connectivity index (χ1v) is 12.4. The summed E-state index contributed by atoms with van der Waals surface area (Å²) in [6, 6.07) is 0. The van der Waals surface area contributed by atoms with Crippen molar-refractivity contribution in [3.63, 3.8) is 0 Å². The highest BCUT2D eigenvalue weighted by atomic mass is 16.6. The Kier molecular flexibility index (Phi) is 16.7. The van der Waals surface area contributed by atoms with E-state index in [1.165, 1.54) is 0 Å². The average molecular weight is 543 g/mol. The molecule has 12 heteroatoms. The molecule has 3 atom stereocenters. The van der Waals surface area contributed by atoms with E-state index in [9.17, 15) is 28.8 Å². The topological polar surface area (TPSA) is 158 Å². The molecule has 0 saturated carbocycles. The molecule has 3 unspecified atom stereocenters. The number of esters is 6. The largest absolute Gasteiger partial charge is 0.466 e. The molecular weight excluding hydrogens is 504 g/mol. The number of carbonyl (C=O) groups excluding carboxylic acids is 6. The van der Waals surface area contributed by atoms with Gasteiger partial charge in [0.25, 0.3) is 0 Å². The Balaban J connectivity index is 5.55. The standard InChI is InChI=1S/C26H38O12/c1-8-18(38-26(32)20(14-22(28)34-10-3)17(7)24(30)36-12-5)15-37-25(31)19(13-21(27)33-9-2)16(6)23(29)35-11-4/h18-20H,6-15H2,1-5H3. The van der Waals surface area contributed by atoms with Crippen LogP contribution in [0.5, 0.6) is 0 Å². The zero-order chi connectivity index (χ0) is 29.3. The summed E-state index contributed by atoms with van der Waals surface area (Å²) in [4.78, 5) is 73.9. The number of hydrogen-bond donors (Lipinski definition) is 0. The summed E-state index contributed by atoms with van der Waals surface area (Å²) in [5.74, 6) is -7.99. The zero-order valence-corrected chi connectivity index (χ0v) is 22.7. The highest BCUT2D eigenvalue weighted by Gasteiger charge is 2.35. The fourth-order valence-electron chi connectivity index (χ4n) is 2.96. The minimum absolute atomic E-state index is 0.0244. The average Bonchev–Trinajstić information content (AvgIpc) is 2.87. The van der Waals surface area contributed by atoms with Crippen molar-refractivity contribution in [3.05, 3.63) is 24.3 Å². The van der Waals surface area contributed by atoms with E-state index in [1.807, 2.05) is 0 Å². The molecule has 0 rings (SSSR count). The van der Waals surface area contributed by atoms with Crippen molar-refractivity contribution in [2.75, 3.05) is 33.0 Å². The van der Waals surface area contributed by atoms with E-state index >= 15 is 0 Å². The molecule has 0 amide bonds. The maximum Gasteiger partial charge on any atom is 0.334 e. The van der Waals surface area contributed by atoms with Gasteiger partial charge in [-0.25, -0.2) is 9.59 Å². The molecule has 38 heavy (non-hydrogen) atoms. The fraction of sp³-hybridized carbons (Fsp3) is 0.615. The van der Waals surface area contributed by atoms with Crippen LogP contribution >= 0.6 is 0 Å². The van der Waals surface area contributed by atoms with Gasteiger partial charge < -0.3 is 28.4 Å². The summed E-state index contributed by atoms with van der Waals surface area (Å²) in [6.07, 6.45) is -1.84. The normalized spacial score (nSPS) is 12.7. The van der Waals surface area contributed by atoms with Gasteiger partial charge in [0.15, 0.2) is 0 Å². The van der Waals surface area contributed by atoms with Crippen molar-refractivity contribution in [1.82, 2.24) is 0 Å². The summed E-state index contributed by atoms with van der Waals surface area (Å²) in [5, 5.41) is 0. The molecule has 214 valence electrons. The molecule has 0 bridgehead atoms. The summed E-state index contributed by atoms with van der Waals surface area (Å²) in [6.45, 7) is 14.8. The maximum absolute atomic E-state index is 12.9. The van der Waals surface area contributed by atoms with Crippen LogP contribution in [0.3, 0.4) is 0 Å². The van der Waals surface area contributed by atoms with Crippen LogP contribution in [-0.4, -0.2) is 75.0 Å². The first-order valence-electron chi connectivity index (χ1n) is 12.4.